The predicted molar refractivity (Wildman–Crippen MR) is 140 cm³/mol. The van der Waals surface area contributed by atoms with Gasteiger partial charge in [-0.15, -0.1) is 0 Å². The maximum absolute atomic E-state index is 13.9. The summed E-state index contributed by atoms with van der Waals surface area (Å²) in [4.78, 5) is 9.26. The van der Waals surface area contributed by atoms with Crippen LogP contribution in [0, 0.1) is 17.2 Å². The Bertz CT molecular complexity index is 1780. The largest absolute Gasteiger partial charge is 0.317 e. The second kappa shape index (κ2) is 9.10. The number of piperidine rings is 1. The van der Waals surface area contributed by atoms with Crippen molar-refractivity contribution in [2.75, 3.05) is 13.1 Å². The standard InChI is InChI=1S/C27H25N7O2S/c1-33-17-20(15-32-33)19-12-23-26-22(11-18-7-9-29-10-8-18)24(13-28)30-16-25(26)34(27(23)31-14-19)37(35,36)21-5-3-2-4-6-21/h2-6,12,14-18,29H,7-11H2,1H3. The van der Waals surface area contributed by atoms with Crippen LogP contribution >= 0.6 is 0 Å². The third kappa shape index (κ3) is 3.97. The number of aryl methyl sites for hydroxylation is 1. The molecule has 0 unspecified atom stereocenters. The van der Waals surface area contributed by atoms with Gasteiger partial charge in [-0.3, -0.25) is 4.68 Å². The summed E-state index contributed by atoms with van der Waals surface area (Å²) in [6, 6.07) is 12.5. The Labute approximate surface area is 214 Å². The van der Waals surface area contributed by atoms with Crippen molar-refractivity contribution in [3.63, 3.8) is 0 Å². The zero-order chi connectivity index (χ0) is 25.6. The summed E-state index contributed by atoms with van der Waals surface area (Å²) in [6.07, 6.45) is 9.42. The maximum Gasteiger partial charge on any atom is 0.269 e. The maximum atomic E-state index is 13.9. The molecule has 0 spiro atoms. The van der Waals surface area contributed by atoms with Crippen molar-refractivity contribution >= 4 is 32.0 Å². The highest BCUT2D eigenvalue weighted by Gasteiger charge is 2.28. The minimum absolute atomic E-state index is 0.163. The van der Waals surface area contributed by atoms with Crippen LogP contribution in [0.5, 0.6) is 0 Å². The number of nitrogens with zero attached hydrogens (tertiary/aromatic N) is 6. The summed E-state index contributed by atoms with van der Waals surface area (Å²) in [5, 5.41) is 19.0. The smallest absolute Gasteiger partial charge is 0.269 e. The molecule has 0 bridgehead atoms. The number of benzene rings is 1. The van der Waals surface area contributed by atoms with E-state index < -0.39 is 10.0 Å². The number of fused-ring (bicyclic) bond motifs is 3. The fourth-order valence-electron chi connectivity index (χ4n) is 5.25. The van der Waals surface area contributed by atoms with Gasteiger partial charge >= 0.3 is 0 Å². The number of hydrogen-bond donors (Lipinski definition) is 1. The third-order valence-electron chi connectivity index (χ3n) is 7.08. The highest BCUT2D eigenvalue weighted by atomic mass is 32.2. The first kappa shape index (κ1) is 23.3. The molecule has 4 aromatic heterocycles. The first-order valence-corrected chi connectivity index (χ1v) is 13.6. The number of hydrogen-bond acceptors (Lipinski definition) is 7. The number of nitriles is 1. The highest BCUT2D eigenvalue weighted by molar-refractivity contribution is 7.90. The molecule has 1 fully saturated rings. The Morgan fingerprint density at radius 2 is 1.86 bits per heavy atom. The summed E-state index contributed by atoms with van der Waals surface area (Å²) in [6.45, 7) is 1.85. The molecule has 1 aliphatic rings. The van der Waals surface area contributed by atoms with Crippen LogP contribution in [-0.2, 0) is 23.5 Å². The first-order chi connectivity index (χ1) is 18.0. The Morgan fingerprint density at radius 3 is 2.57 bits per heavy atom. The van der Waals surface area contributed by atoms with E-state index in [1.165, 1.54) is 10.2 Å². The van der Waals surface area contributed by atoms with Crippen LogP contribution in [0.3, 0.4) is 0 Å². The van der Waals surface area contributed by atoms with E-state index in [9.17, 15) is 13.7 Å². The lowest BCUT2D eigenvalue weighted by Gasteiger charge is -2.23. The van der Waals surface area contributed by atoms with Gasteiger partial charge in [0.25, 0.3) is 10.0 Å². The van der Waals surface area contributed by atoms with E-state index in [0.29, 0.717) is 34.6 Å². The van der Waals surface area contributed by atoms with Gasteiger partial charge in [-0.25, -0.2) is 22.4 Å². The van der Waals surface area contributed by atoms with Gasteiger partial charge in [0.05, 0.1) is 22.8 Å². The molecule has 9 nitrogen and oxygen atoms in total. The molecule has 1 aromatic carbocycles. The topological polar surface area (TPSA) is 118 Å². The monoisotopic (exact) mass is 511 g/mol. The Hall–Kier alpha value is -4.07. The average Bonchev–Trinajstić information content (AvgIpc) is 3.51. The van der Waals surface area contributed by atoms with Gasteiger partial charge in [-0.05, 0) is 62.0 Å². The van der Waals surface area contributed by atoms with Crippen molar-refractivity contribution in [3.8, 4) is 17.2 Å². The van der Waals surface area contributed by atoms with Crippen LogP contribution in [-0.4, -0.2) is 45.2 Å². The molecular weight excluding hydrogens is 486 g/mol. The van der Waals surface area contributed by atoms with Crippen LogP contribution in [0.25, 0.3) is 33.1 Å². The van der Waals surface area contributed by atoms with Crippen molar-refractivity contribution in [1.29, 1.82) is 5.26 Å². The molecule has 1 N–H and O–H groups in total. The van der Waals surface area contributed by atoms with E-state index in [1.807, 2.05) is 19.3 Å². The zero-order valence-corrected chi connectivity index (χ0v) is 21.1. The molecule has 5 heterocycles. The van der Waals surface area contributed by atoms with Crippen LogP contribution in [0.15, 0.2) is 66.1 Å². The number of pyridine rings is 2. The summed E-state index contributed by atoms with van der Waals surface area (Å²) in [7, 11) is -2.14. The first-order valence-electron chi connectivity index (χ1n) is 12.2. The molecule has 0 radical (unpaired) electrons. The molecule has 37 heavy (non-hydrogen) atoms. The molecule has 1 saturated heterocycles. The molecule has 10 heteroatoms. The summed E-state index contributed by atoms with van der Waals surface area (Å²) in [5.74, 6) is 0.374. The molecule has 186 valence electrons. The van der Waals surface area contributed by atoms with E-state index in [1.54, 1.807) is 47.4 Å². The van der Waals surface area contributed by atoms with Gasteiger partial charge in [0.1, 0.15) is 11.8 Å². The van der Waals surface area contributed by atoms with E-state index >= 15 is 0 Å². The van der Waals surface area contributed by atoms with E-state index in [2.05, 4.69) is 26.5 Å². The fourth-order valence-corrected chi connectivity index (χ4v) is 6.73. The molecule has 0 aliphatic carbocycles. The average molecular weight is 512 g/mol. The Kier molecular flexibility index (Phi) is 5.74. The lowest BCUT2D eigenvalue weighted by Crippen LogP contribution is -2.28. The highest BCUT2D eigenvalue weighted by Crippen LogP contribution is 2.37. The number of rotatable bonds is 5. The van der Waals surface area contributed by atoms with Crippen molar-refractivity contribution in [2.45, 2.75) is 24.2 Å². The van der Waals surface area contributed by atoms with Crippen LogP contribution < -0.4 is 5.32 Å². The van der Waals surface area contributed by atoms with Crippen molar-refractivity contribution in [2.24, 2.45) is 13.0 Å². The second-order valence-electron chi connectivity index (χ2n) is 9.44. The number of nitrogens with one attached hydrogen (secondary N) is 1. The SMILES string of the molecule is Cn1cc(-c2cnc3c(c2)c2c(CC4CCNCC4)c(C#N)ncc2n3S(=O)(=O)c2ccccc2)cn1. The molecule has 0 atom stereocenters. The van der Waals surface area contributed by atoms with Crippen molar-refractivity contribution in [3.05, 3.63) is 72.4 Å². The van der Waals surface area contributed by atoms with Gasteiger partial charge in [0.15, 0.2) is 5.65 Å². The lowest BCUT2D eigenvalue weighted by atomic mass is 9.88. The lowest BCUT2D eigenvalue weighted by molar-refractivity contribution is 0.373. The Morgan fingerprint density at radius 1 is 1.08 bits per heavy atom. The quantitative estimate of drug-likeness (QED) is 0.383. The number of aromatic nitrogens is 5. The van der Waals surface area contributed by atoms with Gasteiger partial charge in [0, 0.05) is 41.3 Å². The van der Waals surface area contributed by atoms with E-state index in [4.69, 9.17) is 0 Å². The van der Waals surface area contributed by atoms with E-state index in [0.717, 1.165) is 48.0 Å². The molecule has 6 rings (SSSR count). The van der Waals surface area contributed by atoms with Crippen LogP contribution in [0.4, 0.5) is 0 Å². The molecule has 0 amide bonds. The van der Waals surface area contributed by atoms with Gasteiger partial charge in [-0.1, -0.05) is 18.2 Å². The third-order valence-corrected chi connectivity index (χ3v) is 8.80. The van der Waals surface area contributed by atoms with Crippen molar-refractivity contribution in [1.82, 2.24) is 29.0 Å². The van der Waals surface area contributed by atoms with Crippen LogP contribution in [0.2, 0.25) is 0 Å². The summed E-state index contributed by atoms with van der Waals surface area (Å²) < 4.78 is 30.9. The van der Waals surface area contributed by atoms with Crippen molar-refractivity contribution < 1.29 is 8.42 Å². The van der Waals surface area contributed by atoms with Gasteiger partial charge in [-0.2, -0.15) is 10.4 Å². The predicted octanol–water partition coefficient (Wildman–Crippen LogP) is 3.64. The zero-order valence-electron chi connectivity index (χ0n) is 20.3. The van der Waals surface area contributed by atoms with E-state index in [-0.39, 0.29) is 4.90 Å². The van der Waals surface area contributed by atoms with Gasteiger partial charge < -0.3 is 5.32 Å². The molecule has 1 aliphatic heterocycles. The summed E-state index contributed by atoms with van der Waals surface area (Å²) in [5.41, 5.74) is 3.55. The molecular formula is C27H25N7O2S. The minimum atomic E-state index is -3.99. The minimum Gasteiger partial charge on any atom is -0.317 e. The summed E-state index contributed by atoms with van der Waals surface area (Å²) >= 11 is 0. The second-order valence-corrected chi connectivity index (χ2v) is 11.2. The van der Waals surface area contributed by atoms with Crippen LogP contribution in [0.1, 0.15) is 24.1 Å². The molecule has 5 aromatic rings. The molecule has 0 saturated carbocycles. The fraction of sp³-hybridized carbons (Fsp3) is 0.259. The normalized spacial score (nSPS) is 14.8. The Balaban J connectivity index is 1.68. The van der Waals surface area contributed by atoms with Gasteiger partial charge in [0.2, 0.25) is 0 Å².